The molecule has 1 saturated heterocycles. The molecule has 4 bridgehead atoms. The van der Waals surface area contributed by atoms with E-state index in [1.54, 1.807) is 6.92 Å². The van der Waals surface area contributed by atoms with E-state index in [9.17, 15) is 48.3 Å². The number of hydrogen-bond acceptors (Lipinski definition) is 20. The van der Waals surface area contributed by atoms with Crippen LogP contribution in [0.5, 0.6) is 0 Å². The number of esters is 8. The Morgan fingerprint density at radius 1 is 0.833 bits per heavy atom. The van der Waals surface area contributed by atoms with Crippen molar-refractivity contribution in [2.45, 2.75) is 129 Å². The summed E-state index contributed by atoms with van der Waals surface area (Å²) in [5, 5.41) is 13.8. The van der Waals surface area contributed by atoms with Gasteiger partial charge in [0.1, 0.15) is 42.0 Å². The van der Waals surface area contributed by atoms with Gasteiger partial charge in [0, 0.05) is 59.1 Å². The van der Waals surface area contributed by atoms with Crippen molar-refractivity contribution < 1.29 is 86.1 Å². The van der Waals surface area contributed by atoms with Gasteiger partial charge in [-0.05, 0) is 32.0 Å². The summed E-state index contributed by atoms with van der Waals surface area (Å²) in [4.78, 5) is 128. The highest BCUT2D eigenvalue weighted by molar-refractivity contribution is 5.91. The molecule has 66 heavy (non-hydrogen) atoms. The Morgan fingerprint density at radius 2 is 1.44 bits per heavy atom. The molecule has 3 fully saturated rings. The maximum Gasteiger partial charge on any atom is 0.340 e. The van der Waals surface area contributed by atoms with Gasteiger partial charge in [0.25, 0.3) is 0 Å². The van der Waals surface area contributed by atoms with E-state index in [2.05, 4.69) is 4.98 Å². The topological polar surface area (TPSA) is 275 Å². The second-order valence-electron chi connectivity index (χ2n) is 18.0. The average molecular weight is 927 g/mol. The highest BCUT2D eigenvalue weighted by Gasteiger charge is 2.92. The zero-order chi connectivity index (χ0) is 49.0. The molecule has 4 heterocycles. The second kappa shape index (κ2) is 17.9. The van der Waals surface area contributed by atoms with E-state index in [-0.39, 0.29) is 16.8 Å². The smallest absolute Gasteiger partial charge is 0.340 e. The van der Waals surface area contributed by atoms with Crippen LogP contribution in [-0.4, -0.2) is 129 Å². The minimum absolute atomic E-state index is 0.0723. The number of rotatable bonds is 9. The molecule has 358 valence electrons. The Bertz CT molecular complexity index is 2390. The predicted molar refractivity (Wildman–Crippen MR) is 220 cm³/mol. The number of cyclic esters (lactones) is 1. The summed E-state index contributed by atoms with van der Waals surface area (Å²) in [7, 11) is 1.35. The van der Waals surface area contributed by atoms with Gasteiger partial charge in [-0.3, -0.25) is 38.5 Å². The fraction of sp³-hybridized carbons (Fsp3) is 0.600. The number of aromatic nitrogens is 2. The normalized spacial score (nSPS) is 34.7. The monoisotopic (exact) mass is 926 g/mol. The molecule has 2 aliphatic heterocycles. The summed E-state index contributed by atoms with van der Waals surface area (Å²) < 4.78 is 57.0. The lowest BCUT2D eigenvalue weighted by atomic mass is 9.45. The molecular weight excluding hydrogens is 872 g/mol. The summed E-state index contributed by atoms with van der Waals surface area (Å²) in [6.07, 6.45) is -10.2. The largest absolute Gasteiger partial charge is 0.465 e. The minimum atomic E-state index is -2.94. The first kappa shape index (κ1) is 49.2. The summed E-state index contributed by atoms with van der Waals surface area (Å²) in [6, 6.07) is 5.05. The molecule has 2 aromatic rings. The summed E-state index contributed by atoms with van der Waals surface area (Å²) >= 11 is 0. The van der Waals surface area contributed by atoms with E-state index in [1.807, 2.05) is 0 Å². The molecule has 0 amide bonds. The van der Waals surface area contributed by atoms with Crippen molar-refractivity contribution in [3.05, 3.63) is 63.8 Å². The number of hydrogen-bond donors (Lipinski definition) is 1. The van der Waals surface area contributed by atoms with E-state index < -0.39 is 149 Å². The predicted octanol–water partition coefficient (Wildman–Crippen LogP) is 1.66. The standard InChI is InChI=1S/C45H54N2O19/c1-20(2)38(53)63-32-30-34(60-24(6)49)45-43(10,57)35(65-39(54)22(4)21(3)31-28(13-12-16-46-31)41(56)59-18-42(30,9)66-45)33(64-40(55)27-14-15-29(52)47(11)17-27)37(62-26(8)51)44(45,19-58-23(5)48)36(32)61-25(7)50/h12-17,20-22,30,32-37,57H,18-19H2,1-11H3. The molecule has 1 spiro atoms. The first-order valence-corrected chi connectivity index (χ1v) is 21.2. The van der Waals surface area contributed by atoms with Gasteiger partial charge in [0.2, 0.25) is 5.56 Å². The number of aliphatic hydroxyl groups is 1. The number of pyridine rings is 2. The highest BCUT2D eigenvalue weighted by Crippen LogP contribution is 2.70. The van der Waals surface area contributed by atoms with Crippen LogP contribution in [0.3, 0.4) is 0 Å². The van der Waals surface area contributed by atoms with Crippen LogP contribution in [0.15, 0.2) is 41.5 Å². The lowest BCUT2D eigenvalue weighted by Gasteiger charge is -2.67. The Balaban J connectivity index is 1.81. The minimum Gasteiger partial charge on any atom is -0.465 e. The lowest BCUT2D eigenvalue weighted by Crippen LogP contribution is -2.89. The van der Waals surface area contributed by atoms with Gasteiger partial charge in [-0.25, -0.2) is 9.59 Å². The summed E-state index contributed by atoms with van der Waals surface area (Å²) in [6.45, 7) is 10.4. The van der Waals surface area contributed by atoms with Crippen molar-refractivity contribution in [1.82, 2.24) is 9.55 Å². The molecule has 2 aliphatic carbocycles. The molecule has 13 atom stereocenters. The van der Waals surface area contributed by atoms with Crippen molar-refractivity contribution >= 4 is 47.8 Å². The van der Waals surface area contributed by atoms with E-state index in [0.29, 0.717) is 0 Å². The van der Waals surface area contributed by atoms with Crippen molar-refractivity contribution in [1.29, 1.82) is 0 Å². The molecule has 6 rings (SSSR count). The average Bonchev–Trinajstić information content (AvgIpc) is 3.45. The lowest BCUT2D eigenvalue weighted by molar-refractivity contribution is -0.386. The maximum absolute atomic E-state index is 14.7. The molecule has 0 aromatic carbocycles. The highest BCUT2D eigenvalue weighted by atomic mass is 16.7. The number of carbonyl (C=O) groups excluding carboxylic acids is 8. The third kappa shape index (κ3) is 8.09. The fourth-order valence-corrected chi connectivity index (χ4v) is 10.0. The van der Waals surface area contributed by atoms with Crippen molar-refractivity contribution in [2.24, 2.45) is 30.2 Å². The fourth-order valence-electron chi connectivity index (χ4n) is 10.0. The van der Waals surface area contributed by atoms with Gasteiger partial charge < -0.3 is 52.3 Å². The molecule has 21 heteroatoms. The third-order valence-corrected chi connectivity index (χ3v) is 13.1. The second-order valence-corrected chi connectivity index (χ2v) is 18.0. The Hall–Kier alpha value is -6.22. The maximum atomic E-state index is 14.7. The van der Waals surface area contributed by atoms with E-state index in [1.165, 1.54) is 53.1 Å². The van der Waals surface area contributed by atoms with Gasteiger partial charge in [0.15, 0.2) is 30.0 Å². The first-order valence-electron chi connectivity index (χ1n) is 21.2. The number of aryl methyl sites for hydroxylation is 1. The molecular formula is C45H54N2O19. The van der Waals surface area contributed by atoms with Gasteiger partial charge in [-0.15, -0.1) is 0 Å². The number of ether oxygens (including phenoxy) is 9. The Morgan fingerprint density at radius 3 is 2.02 bits per heavy atom. The third-order valence-electron chi connectivity index (χ3n) is 13.1. The summed E-state index contributed by atoms with van der Waals surface area (Å²) in [5.41, 5.74) is -11.4. The van der Waals surface area contributed by atoms with Gasteiger partial charge in [-0.1, -0.05) is 27.7 Å². The van der Waals surface area contributed by atoms with E-state index >= 15 is 0 Å². The van der Waals surface area contributed by atoms with Gasteiger partial charge in [0.05, 0.1) is 34.6 Å². The van der Waals surface area contributed by atoms with E-state index in [4.69, 9.17) is 42.6 Å². The van der Waals surface area contributed by atoms with E-state index in [0.717, 1.165) is 57.5 Å². The molecule has 1 N–H and O–H groups in total. The number of nitrogens with zero attached hydrogens (tertiary/aromatic N) is 2. The molecule has 2 saturated carbocycles. The van der Waals surface area contributed by atoms with Crippen molar-refractivity contribution in [3.8, 4) is 0 Å². The zero-order valence-corrected chi connectivity index (χ0v) is 38.3. The van der Waals surface area contributed by atoms with Crippen LogP contribution in [0.25, 0.3) is 0 Å². The van der Waals surface area contributed by atoms with Crippen molar-refractivity contribution in [3.63, 3.8) is 0 Å². The zero-order valence-electron chi connectivity index (χ0n) is 38.3. The van der Waals surface area contributed by atoms with Crippen LogP contribution in [0.2, 0.25) is 0 Å². The van der Waals surface area contributed by atoms with Crippen LogP contribution in [-0.2, 0) is 78.4 Å². The van der Waals surface area contributed by atoms with Crippen LogP contribution < -0.4 is 5.56 Å². The van der Waals surface area contributed by atoms with Crippen LogP contribution in [0.1, 0.15) is 102 Å². The SMILES string of the molecule is CC(=O)OCC12C(OC(C)=O)C(OC(=O)C(C)C)C3C(OC(C)=O)C14OC3(C)COC(=O)c1cccnc1C(C)C(C)C(=O)OC(C(OC(=O)c1ccc(=O)n(C)c1)C2OC(C)=O)C4(C)O. The van der Waals surface area contributed by atoms with Crippen LogP contribution in [0, 0.1) is 23.2 Å². The molecule has 4 aliphatic rings. The summed E-state index contributed by atoms with van der Waals surface area (Å²) in [5.74, 6) is -13.1. The van der Waals surface area contributed by atoms with Crippen molar-refractivity contribution in [2.75, 3.05) is 13.2 Å². The van der Waals surface area contributed by atoms with Crippen LogP contribution in [0.4, 0.5) is 0 Å². The molecule has 0 radical (unpaired) electrons. The van der Waals surface area contributed by atoms with Gasteiger partial charge in [-0.2, -0.15) is 0 Å². The number of carbonyl (C=O) groups is 8. The number of fused-ring (bicyclic) bond motifs is 5. The molecule has 21 nitrogen and oxygen atoms in total. The van der Waals surface area contributed by atoms with Crippen LogP contribution >= 0.6 is 0 Å². The first-order chi connectivity index (χ1) is 30.7. The Kier molecular flexibility index (Phi) is 13.3. The van der Waals surface area contributed by atoms with Gasteiger partial charge >= 0.3 is 47.8 Å². The molecule has 2 aromatic heterocycles. The Labute approximate surface area is 378 Å². The quantitative estimate of drug-likeness (QED) is 0.277. The molecule has 13 unspecified atom stereocenters.